The number of carbonyl (C=O) groups excluding carboxylic acids is 1. The molecule has 4 aromatic rings. The van der Waals surface area contributed by atoms with E-state index in [4.69, 9.17) is 5.11 Å². The minimum absolute atomic E-state index is 0.229. The zero-order valence-corrected chi connectivity index (χ0v) is 17.6. The third-order valence-electron chi connectivity index (χ3n) is 4.34. The van der Waals surface area contributed by atoms with Gasteiger partial charge >= 0.3 is 6.18 Å². The first-order valence-corrected chi connectivity index (χ1v) is 10.7. The molecule has 0 aliphatic rings. The number of anilines is 2. The number of alkyl halides is 3. The van der Waals surface area contributed by atoms with Crippen molar-refractivity contribution in [3.05, 3.63) is 59.5 Å². The first-order chi connectivity index (χ1) is 15.2. The Labute approximate surface area is 186 Å². The number of pyridine rings is 1. The van der Waals surface area contributed by atoms with Gasteiger partial charge in [0.2, 0.25) is 5.95 Å². The summed E-state index contributed by atoms with van der Waals surface area (Å²) >= 11 is 2.20. The van der Waals surface area contributed by atoms with Crippen LogP contribution in [0.2, 0.25) is 0 Å². The number of aliphatic hydroxyl groups excluding tert-OH is 1. The standard InChI is InChI=1S/C20H14F4N4O2S2/c21-16-6-3-11(8-25-16)10-1-4-12(5-2-10)27-17(30)13-7-14-18(31-13)28-19(32-14)26-9-15(29)20(22,23)24/h1-8,15,29H,9H2,(H,26,28)(H,27,30). The number of nitrogens with one attached hydrogen (secondary N) is 2. The Morgan fingerprint density at radius 1 is 1.09 bits per heavy atom. The summed E-state index contributed by atoms with van der Waals surface area (Å²) in [6.07, 6.45) is -5.78. The fourth-order valence-electron chi connectivity index (χ4n) is 2.71. The minimum atomic E-state index is -4.71. The van der Waals surface area contributed by atoms with Crippen LogP contribution in [0, 0.1) is 5.95 Å². The number of benzene rings is 1. The Morgan fingerprint density at radius 2 is 1.81 bits per heavy atom. The summed E-state index contributed by atoms with van der Waals surface area (Å²) in [4.78, 5) is 21.2. The van der Waals surface area contributed by atoms with Gasteiger partial charge < -0.3 is 15.7 Å². The molecule has 6 nitrogen and oxygen atoms in total. The number of aliphatic hydroxyl groups is 1. The molecule has 3 N–H and O–H groups in total. The Bertz CT molecular complexity index is 1210. The molecule has 1 atom stereocenters. The molecular weight excluding hydrogens is 468 g/mol. The highest BCUT2D eigenvalue weighted by atomic mass is 32.1. The van der Waals surface area contributed by atoms with Crippen molar-refractivity contribution >= 4 is 48.9 Å². The Hall–Kier alpha value is -3.09. The van der Waals surface area contributed by atoms with E-state index in [1.165, 1.54) is 12.3 Å². The molecule has 3 heterocycles. The van der Waals surface area contributed by atoms with Crippen LogP contribution in [0.5, 0.6) is 0 Å². The number of nitrogens with zero attached hydrogens (tertiary/aromatic N) is 2. The third kappa shape index (κ3) is 5.03. The van der Waals surface area contributed by atoms with Gasteiger partial charge in [0.1, 0.15) is 4.83 Å². The highest BCUT2D eigenvalue weighted by molar-refractivity contribution is 7.29. The second kappa shape index (κ2) is 8.81. The van der Waals surface area contributed by atoms with E-state index < -0.39 is 24.8 Å². The highest BCUT2D eigenvalue weighted by Gasteiger charge is 2.38. The predicted molar refractivity (Wildman–Crippen MR) is 116 cm³/mol. The number of hydrogen-bond acceptors (Lipinski definition) is 7. The maximum atomic E-state index is 12.9. The molecular formula is C20H14F4N4O2S2. The van der Waals surface area contributed by atoms with E-state index in [9.17, 15) is 22.4 Å². The van der Waals surface area contributed by atoms with Crippen LogP contribution in [0.1, 0.15) is 9.67 Å². The molecule has 32 heavy (non-hydrogen) atoms. The van der Waals surface area contributed by atoms with Gasteiger partial charge in [0, 0.05) is 17.4 Å². The second-order valence-corrected chi connectivity index (χ2v) is 8.70. The van der Waals surface area contributed by atoms with Crippen molar-refractivity contribution in [2.45, 2.75) is 12.3 Å². The van der Waals surface area contributed by atoms with Crippen LogP contribution in [0.25, 0.3) is 20.7 Å². The summed E-state index contributed by atoms with van der Waals surface area (Å²) in [6, 6.07) is 11.4. The van der Waals surface area contributed by atoms with Crippen LogP contribution in [0.4, 0.5) is 28.4 Å². The van der Waals surface area contributed by atoms with E-state index in [1.54, 1.807) is 36.4 Å². The summed E-state index contributed by atoms with van der Waals surface area (Å²) < 4.78 is 50.7. The van der Waals surface area contributed by atoms with Gasteiger partial charge in [-0.05, 0) is 35.9 Å². The smallest absolute Gasteiger partial charge is 0.382 e. The van der Waals surface area contributed by atoms with Crippen molar-refractivity contribution in [2.75, 3.05) is 17.2 Å². The predicted octanol–water partition coefficient (Wildman–Crippen LogP) is 5.15. The van der Waals surface area contributed by atoms with Crippen molar-refractivity contribution in [2.24, 2.45) is 0 Å². The Kier molecular flexibility index (Phi) is 6.09. The Balaban J connectivity index is 1.39. The van der Waals surface area contributed by atoms with Crippen molar-refractivity contribution in [1.29, 1.82) is 0 Å². The fourth-order valence-corrected chi connectivity index (χ4v) is 4.73. The highest BCUT2D eigenvalue weighted by Crippen LogP contribution is 2.33. The lowest BCUT2D eigenvalue weighted by Crippen LogP contribution is -2.34. The monoisotopic (exact) mass is 482 g/mol. The van der Waals surface area contributed by atoms with Crippen LogP contribution >= 0.6 is 22.7 Å². The quantitative estimate of drug-likeness (QED) is 0.262. The normalized spacial score (nSPS) is 12.7. The van der Waals surface area contributed by atoms with E-state index in [-0.39, 0.29) is 11.0 Å². The molecule has 0 saturated carbocycles. The van der Waals surface area contributed by atoms with Gasteiger partial charge in [-0.25, -0.2) is 9.97 Å². The van der Waals surface area contributed by atoms with Gasteiger partial charge in [-0.1, -0.05) is 23.5 Å². The molecule has 1 unspecified atom stereocenters. The van der Waals surface area contributed by atoms with Crippen molar-refractivity contribution in [3.63, 3.8) is 0 Å². The van der Waals surface area contributed by atoms with E-state index in [2.05, 4.69) is 20.6 Å². The molecule has 3 aromatic heterocycles. The van der Waals surface area contributed by atoms with Gasteiger partial charge in [0.25, 0.3) is 5.91 Å². The molecule has 0 aliphatic carbocycles. The van der Waals surface area contributed by atoms with Gasteiger partial charge in [0.15, 0.2) is 11.2 Å². The first-order valence-electron chi connectivity index (χ1n) is 9.11. The molecule has 0 fully saturated rings. The lowest BCUT2D eigenvalue weighted by atomic mass is 10.1. The zero-order chi connectivity index (χ0) is 22.9. The molecule has 1 amide bonds. The summed E-state index contributed by atoms with van der Waals surface area (Å²) in [5, 5.41) is 14.5. The number of carbonyl (C=O) groups is 1. The van der Waals surface area contributed by atoms with E-state index in [0.717, 1.165) is 33.8 Å². The second-order valence-electron chi connectivity index (χ2n) is 6.64. The number of halogens is 4. The summed E-state index contributed by atoms with van der Waals surface area (Å²) in [7, 11) is 0. The Morgan fingerprint density at radius 3 is 2.44 bits per heavy atom. The van der Waals surface area contributed by atoms with Crippen molar-refractivity contribution in [1.82, 2.24) is 9.97 Å². The summed E-state index contributed by atoms with van der Waals surface area (Å²) in [6.45, 7) is -0.707. The molecule has 0 radical (unpaired) electrons. The van der Waals surface area contributed by atoms with Crippen LogP contribution in [0.3, 0.4) is 0 Å². The summed E-state index contributed by atoms with van der Waals surface area (Å²) in [5.41, 5.74) is 2.11. The summed E-state index contributed by atoms with van der Waals surface area (Å²) in [5.74, 6) is -0.914. The minimum Gasteiger partial charge on any atom is -0.382 e. The number of amides is 1. The average Bonchev–Trinajstić information content (AvgIpc) is 3.31. The number of aromatic nitrogens is 2. The third-order valence-corrected chi connectivity index (χ3v) is 6.46. The molecule has 12 heteroatoms. The van der Waals surface area contributed by atoms with E-state index in [0.29, 0.717) is 20.1 Å². The van der Waals surface area contributed by atoms with Crippen LogP contribution in [-0.2, 0) is 0 Å². The molecule has 0 aliphatic heterocycles. The maximum Gasteiger partial charge on any atom is 0.416 e. The number of fused-ring (bicyclic) bond motifs is 1. The molecule has 0 bridgehead atoms. The SMILES string of the molecule is O=C(Nc1ccc(-c2ccc(F)nc2)cc1)c1cc2sc(NCC(O)C(F)(F)F)nc2s1. The number of thiophene rings is 1. The fraction of sp³-hybridized carbons (Fsp3) is 0.150. The molecule has 0 saturated heterocycles. The lowest BCUT2D eigenvalue weighted by Gasteiger charge is -2.14. The van der Waals surface area contributed by atoms with Gasteiger partial charge in [-0.15, -0.1) is 11.3 Å². The lowest BCUT2D eigenvalue weighted by molar-refractivity contribution is -0.198. The van der Waals surface area contributed by atoms with Crippen molar-refractivity contribution < 1.29 is 27.5 Å². The molecule has 166 valence electrons. The zero-order valence-electron chi connectivity index (χ0n) is 16.0. The number of rotatable bonds is 6. The number of thiazole rings is 1. The van der Waals surface area contributed by atoms with Crippen molar-refractivity contribution in [3.8, 4) is 11.1 Å². The van der Waals surface area contributed by atoms with E-state index >= 15 is 0 Å². The van der Waals surface area contributed by atoms with E-state index in [1.807, 2.05) is 0 Å². The average molecular weight is 482 g/mol. The maximum absolute atomic E-state index is 12.9. The van der Waals surface area contributed by atoms with Gasteiger partial charge in [-0.2, -0.15) is 17.6 Å². The van der Waals surface area contributed by atoms with Crippen LogP contribution in [-0.4, -0.2) is 39.8 Å². The van der Waals surface area contributed by atoms with Crippen LogP contribution < -0.4 is 10.6 Å². The number of hydrogen-bond donors (Lipinski definition) is 3. The molecule has 1 aromatic carbocycles. The largest absolute Gasteiger partial charge is 0.416 e. The topological polar surface area (TPSA) is 87.1 Å². The first kappa shape index (κ1) is 22.1. The van der Waals surface area contributed by atoms with Crippen LogP contribution in [0.15, 0.2) is 48.7 Å². The van der Waals surface area contributed by atoms with Gasteiger partial charge in [0.05, 0.1) is 16.1 Å². The molecule has 4 rings (SSSR count). The molecule has 0 spiro atoms. The van der Waals surface area contributed by atoms with Gasteiger partial charge in [-0.3, -0.25) is 4.79 Å².